The van der Waals surface area contributed by atoms with Gasteiger partial charge in [0.2, 0.25) is 0 Å². The van der Waals surface area contributed by atoms with Crippen molar-refractivity contribution in [1.29, 1.82) is 0 Å². The molecule has 1 heterocycles. The lowest BCUT2D eigenvalue weighted by Gasteiger charge is -1.91. The lowest BCUT2D eigenvalue weighted by Crippen LogP contribution is -1.88. The van der Waals surface area contributed by atoms with E-state index in [4.69, 9.17) is 5.11 Å². The summed E-state index contributed by atoms with van der Waals surface area (Å²) in [5, 5.41) is 8.60. The van der Waals surface area contributed by atoms with E-state index < -0.39 is 0 Å². The van der Waals surface area contributed by atoms with Gasteiger partial charge in [0.05, 0.1) is 11.2 Å². The van der Waals surface area contributed by atoms with Crippen molar-refractivity contribution in [3.63, 3.8) is 0 Å². The van der Waals surface area contributed by atoms with Gasteiger partial charge in [0.25, 0.3) is 0 Å². The van der Waals surface area contributed by atoms with E-state index in [0.717, 1.165) is 10.6 Å². The molecule has 0 amide bonds. The first kappa shape index (κ1) is 7.44. The number of nitrogens with zero attached hydrogens (tertiary/aromatic N) is 1. The van der Waals surface area contributed by atoms with Crippen molar-refractivity contribution in [2.45, 2.75) is 6.42 Å². The van der Waals surface area contributed by atoms with Gasteiger partial charge in [-0.1, -0.05) is 6.58 Å². The Labute approximate surface area is 63.9 Å². The summed E-state index contributed by atoms with van der Waals surface area (Å²) in [4.78, 5) is 5.15. The van der Waals surface area contributed by atoms with Crippen molar-refractivity contribution in [1.82, 2.24) is 4.98 Å². The fourth-order valence-corrected chi connectivity index (χ4v) is 1.49. The molecule has 0 spiro atoms. The lowest BCUT2D eigenvalue weighted by atomic mass is 10.3. The van der Waals surface area contributed by atoms with E-state index in [1.54, 1.807) is 22.9 Å². The Balaban J connectivity index is 2.79. The molecule has 1 rings (SSSR count). The Morgan fingerprint density at radius 1 is 1.80 bits per heavy atom. The number of aromatic nitrogens is 1. The Morgan fingerprint density at radius 3 is 3.20 bits per heavy atom. The highest BCUT2D eigenvalue weighted by molar-refractivity contribution is 7.09. The van der Waals surface area contributed by atoms with Crippen molar-refractivity contribution in [2.24, 2.45) is 0 Å². The summed E-state index contributed by atoms with van der Waals surface area (Å²) in [7, 11) is 0. The molecule has 1 aromatic heterocycles. The smallest absolute Gasteiger partial charge is 0.0801 e. The van der Waals surface area contributed by atoms with Crippen molar-refractivity contribution < 1.29 is 5.11 Å². The maximum Gasteiger partial charge on any atom is 0.0801 e. The second kappa shape index (κ2) is 3.49. The molecule has 0 fully saturated rings. The second-order valence-corrected chi connectivity index (χ2v) is 2.78. The van der Waals surface area contributed by atoms with Gasteiger partial charge in [-0.05, 0) is 6.08 Å². The van der Waals surface area contributed by atoms with Crippen LogP contribution in [0, 0.1) is 0 Å². The zero-order valence-corrected chi connectivity index (χ0v) is 6.40. The summed E-state index contributed by atoms with van der Waals surface area (Å²) in [5.74, 6) is 0. The molecule has 0 unspecified atom stereocenters. The minimum atomic E-state index is 0.184. The van der Waals surface area contributed by atoms with Crippen molar-refractivity contribution in [3.05, 3.63) is 22.7 Å². The fourth-order valence-electron chi connectivity index (χ4n) is 0.734. The van der Waals surface area contributed by atoms with Gasteiger partial charge in [0.1, 0.15) is 0 Å². The van der Waals surface area contributed by atoms with E-state index in [-0.39, 0.29) is 6.61 Å². The van der Waals surface area contributed by atoms with Crippen LogP contribution in [0.15, 0.2) is 12.1 Å². The zero-order valence-electron chi connectivity index (χ0n) is 5.58. The number of aliphatic hydroxyl groups is 1. The van der Waals surface area contributed by atoms with E-state index >= 15 is 0 Å². The van der Waals surface area contributed by atoms with Crippen LogP contribution in [0.25, 0.3) is 6.08 Å². The van der Waals surface area contributed by atoms with E-state index in [0.29, 0.717) is 6.42 Å². The average Bonchev–Trinajstić information content (AvgIpc) is 2.36. The van der Waals surface area contributed by atoms with Gasteiger partial charge >= 0.3 is 0 Å². The molecule has 0 saturated carbocycles. The minimum absolute atomic E-state index is 0.184. The number of aliphatic hydroxyl groups excluding tert-OH is 1. The number of rotatable bonds is 3. The maximum absolute atomic E-state index is 8.60. The van der Waals surface area contributed by atoms with Gasteiger partial charge in [-0.25, -0.2) is 4.98 Å². The average molecular weight is 155 g/mol. The summed E-state index contributed by atoms with van der Waals surface area (Å²) in [6.45, 7) is 3.79. The first-order valence-corrected chi connectivity index (χ1v) is 3.92. The quantitative estimate of drug-likeness (QED) is 0.714. The van der Waals surface area contributed by atoms with Gasteiger partial charge in [-0.2, -0.15) is 0 Å². The molecule has 0 aliphatic heterocycles. The largest absolute Gasteiger partial charge is 0.396 e. The number of hydrogen-bond donors (Lipinski definition) is 1. The third-order valence-corrected chi connectivity index (χ3v) is 2.11. The predicted octanol–water partition coefficient (Wildman–Crippen LogP) is 1.32. The van der Waals surface area contributed by atoms with Crippen LogP contribution < -0.4 is 0 Å². The Bertz CT molecular complexity index is 219. The second-order valence-electron chi connectivity index (χ2n) is 1.84. The fraction of sp³-hybridized carbons (Fsp3) is 0.286. The van der Waals surface area contributed by atoms with Crippen LogP contribution in [0.2, 0.25) is 0 Å². The van der Waals surface area contributed by atoms with Gasteiger partial charge < -0.3 is 5.11 Å². The van der Waals surface area contributed by atoms with E-state index in [9.17, 15) is 0 Å². The first-order valence-electron chi connectivity index (χ1n) is 3.04. The summed E-state index contributed by atoms with van der Waals surface area (Å²) in [6, 6.07) is 0. The molecular formula is C7H9NOS. The van der Waals surface area contributed by atoms with Gasteiger partial charge in [0, 0.05) is 17.9 Å². The van der Waals surface area contributed by atoms with Crippen LogP contribution >= 0.6 is 11.3 Å². The third-order valence-electron chi connectivity index (χ3n) is 1.20. The van der Waals surface area contributed by atoms with Crippen LogP contribution in [-0.4, -0.2) is 16.7 Å². The molecule has 0 aliphatic carbocycles. The lowest BCUT2D eigenvalue weighted by molar-refractivity contribution is 0.300. The van der Waals surface area contributed by atoms with Crippen LogP contribution in [0.5, 0.6) is 0 Å². The van der Waals surface area contributed by atoms with Crippen LogP contribution in [0.4, 0.5) is 0 Å². The SMILES string of the molecule is C=Cc1ncsc1CCO. The van der Waals surface area contributed by atoms with E-state index in [1.807, 2.05) is 0 Å². The first-order chi connectivity index (χ1) is 4.88. The van der Waals surface area contributed by atoms with E-state index in [2.05, 4.69) is 11.6 Å². The van der Waals surface area contributed by atoms with Crippen molar-refractivity contribution in [2.75, 3.05) is 6.61 Å². The molecule has 0 atom stereocenters. The summed E-state index contributed by atoms with van der Waals surface area (Å²) >= 11 is 1.56. The van der Waals surface area contributed by atoms with Gasteiger partial charge in [-0.15, -0.1) is 11.3 Å². The highest BCUT2D eigenvalue weighted by Crippen LogP contribution is 2.14. The number of thiazole rings is 1. The molecule has 0 aromatic carbocycles. The molecule has 1 N–H and O–H groups in total. The summed E-state index contributed by atoms with van der Waals surface area (Å²) in [6.07, 6.45) is 2.40. The molecule has 1 aromatic rings. The van der Waals surface area contributed by atoms with Crippen LogP contribution in [0.1, 0.15) is 10.6 Å². The Hall–Kier alpha value is -0.670. The molecule has 0 radical (unpaired) electrons. The maximum atomic E-state index is 8.60. The molecule has 0 aliphatic rings. The molecule has 10 heavy (non-hydrogen) atoms. The predicted molar refractivity (Wildman–Crippen MR) is 43.0 cm³/mol. The molecule has 0 bridgehead atoms. The minimum Gasteiger partial charge on any atom is -0.396 e. The summed E-state index contributed by atoms with van der Waals surface area (Å²) < 4.78 is 0. The summed E-state index contributed by atoms with van der Waals surface area (Å²) in [5.41, 5.74) is 2.67. The van der Waals surface area contributed by atoms with Crippen LogP contribution in [0.3, 0.4) is 0 Å². The molecule has 0 saturated heterocycles. The Morgan fingerprint density at radius 2 is 2.60 bits per heavy atom. The normalized spacial score (nSPS) is 9.70. The highest BCUT2D eigenvalue weighted by Gasteiger charge is 1.99. The molecule has 3 heteroatoms. The number of hydrogen-bond acceptors (Lipinski definition) is 3. The highest BCUT2D eigenvalue weighted by atomic mass is 32.1. The standard InChI is InChI=1S/C7H9NOS/c1-2-6-7(3-4-9)10-5-8-6/h2,5,9H,1,3-4H2. The van der Waals surface area contributed by atoms with Crippen molar-refractivity contribution >= 4 is 17.4 Å². The molecule has 2 nitrogen and oxygen atoms in total. The molecular weight excluding hydrogens is 146 g/mol. The van der Waals surface area contributed by atoms with E-state index in [1.165, 1.54) is 0 Å². The van der Waals surface area contributed by atoms with Crippen LogP contribution in [-0.2, 0) is 6.42 Å². The monoisotopic (exact) mass is 155 g/mol. The third kappa shape index (κ3) is 1.43. The Kier molecular flexibility index (Phi) is 2.59. The molecule has 54 valence electrons. The van der Waals surface area contributed by atoms with Crippen molar-refractivity contribution in [3.8, 4) is 0 Å². The van der Waals surface area contributed by atoms with Gasteiger partial charge in [0.15, 0.2) is 0 Å². The topological polar surface area (TPSA) is 33.1 Å². The zero-order chi connectivity index (χ0) is 7.40. The van der Waals surface area contributed by atoms with Gasteiger partial charge in [-0.3, -0.25) is 0 Å².